The summed E-state index contributed by atoms with van der Waals surface area (Å²) in [4.78, 5) is 11.1. The summed E-state index contributed by atoms with van der Waals surface area (Å²) in [5.41, 5.74) is 2.98. The number of nitrogens with zero attached hydrogens (tertiary/aromatic N) is 2. The van der Waals surface area contributed by atoms with Gasteiger partial charge >= 0.3 is 5.97 Å². The number of carboxylic acids is 1. The highest BCUT2D eigenvalue weighted by Gasteiger charge is 2.12. The number of hydrogen-bond donors (Lipinski definition) is 1. The number of carboxylic acid groups (broad SMARTS) is 1. The lowest BCUT2D eigenvalue weighted by Crippen LogP contribution is -2.01. The molecule has 1 heterocycles. The van der Waals surface area contributed by atoms with E-state index in [1.807, 2.05) is 23.9 Å². The van der Waals surface area contributed by atoms with E-state index >= 15 is 0 Å². The van der Waals surface area contributed by atoms with Crippen LogP contribution in [-0.2, 0) is 0 Å². The maximum Gasteiger partial charge on any atom is 0.335 e. The molecular formula is C14H16N2O2. The molecule has 0 radical (unpaired) electrons. The number of benzene rings is 1. The van der Waals surface area contributed by atoms with Crippen molar-refractivity contribution in [3.8, 4) is 11.1 Å². The largest absolute Gasteiger partial charge is 0.478 e. The van der Waals surface area contributed by atoms with Crippen molar-refractivity contribution >= 4 is 5.97 Å². The highest BCUT2D eigenvalue weighted by atomic mass is 16.4. The third kappa shape index (κ3) is 2.14. The average Bonchev–Trinajstić information content (AvgIpc) is 2.78. The summed E-state index contributed by atoms with van der Waals surface area (Å²) in [7, 11) is 0. The van der Waals surface area contributed by atoms with Crippen LogP contribution in [0.5, 0.6) is 0 Å². The summed E-state index contributed by atoms with van der Waals surface area (Å²) in [5.74, 6) is -0.898. The Kier molecular flexibility index (Phi) is 3.19. The van der Waals surface area contributed by atoms with Crippen molar-refractivity contribution in [2.24, 2.45) is 0 Å². The first-order valence-electron chi connectivity index (χ1n) is 5.88. The van der Waals surface area contributed by atoms with Crippen molar-refractivity contribution < 1.29 is 9.90 Å². The van der Waals surface area contributed by atoms with Crippen molar-refractivity contribution in [1.29, 1.82) is 0 Å². The highest BCUT2D eigenvalue weighted by Crippen LogP contribution is 2.26. The van der Waals surface area contributed by atoms with E-state index in [4.69, 9.17) is 5.11 Å². The van der Waals surface area contributed by atoms with Gasteiger partial charge in [-0.1, -0.05) is 12.1 Å². The summed E-state index contributed by atoms with van der Waals surface area (Å²) in [6.07, 6.45) is 3.71. The predicted molar refractivity (Wildman–Crippen MR) is 69.7 cm³/mol. The van der Waals surface area contributed by atoms with Gasteiger partial charge in [-0.15, -0.1) is 0 Å². The Morgan fingerprint density at radius 2 is 2.11 bits per heavy atom. The van der Waals surface area contributed by atoms with E-state index in [1.54, 1.807) is 18.3 Å². The predicted octanol–water partition coefficient (Wildman–Crippen LogP) is 3.14. The molecule has 0 amide bonds. The molecule has 0 aliphatic rings. The molecule has 1 aromatic carbocycles. The normalized spacial score (nSPS) is 10.9. The second-order valence-corrected chi connectivity index (χ2v) is 4.59. The van der Waals surface area contributed by atoms with Gasteiger partial charge in [0.2, 0.25) is 0 Å². The zero-order chi connectivity index (χ0) is 13.3. The maximum absolute atomic E-state index is 11.1. The van der Waals surface area contributed by atoms with Crippen LogP contribution in [0.3, 0.4) is 0 Å². The fourth-order valence-electron chi connectivity index (χ4n) is 1.94. The first kappa shape index (κ1) is 12.4. The maximum atomic E-state index is 11.1. The van der Waals surface area contributed by atoms with Gasteiger partial charge in [-0.2, -0.15) is 5.10 Å². The molecule has 0 atom stereocenters. The summed E-state index contributed by atoms with van der Waals surface area (Å²) in [6, 6.07) is 5.59. The number of carbonyl (C=O) groups is 1. The van der Waals surface area contributed by atoms with Crippen molar-refractivity contribution in [3.05, 3.63) is 41.7 Å². The molecule has 94 valence electrons. The smallest absolute Gasteiger partial charge is 0.335 e. The van der Waals surface area contributed by atoms with Crippen LogP contribution in [0.25, 0.3) is 11.1 Å². The fraction of sp³-hybridized carbons (Fsp3) is 0.286. The van der Waals surface area contributed by atoms with Gasteiger partial charge in [0.15, 0.2) is 0 Å². The Morgan fingerprint density at radius 3 is 2.67 bits per heavy atom. The molecule has 0 fully saturated rings. The van der Waals surface area contributed by atoms with E-state index in [-0.39, 0.29) is 0 Å². The molecular weight excluding hydrogens is 228 g/mol. The van der Waals surface area contributed by atoms with Gasteiger partial charge in [-0.05, 0) is 38.0 Å². The van der Waals surface area contributed by atoms with Gasteiger partial charge < -0.3 is 5.11 Å². The Bertz CT molecular complexity index is 585. The van der Waals surface area contributed by atoms with E-state index < -0.39 is 5.97 Å². The second-order valence-electron chi connectivity index (χ2n) is 4.59. The highest BCUT2D eigenvalue weighted by molar-refractivity contribution is 5.91. The summed E-state index contributed by atoms with van der Waals surface area (Å²) < 4.78 is 1.86. The number of hydrogen-bond acceptors (Lipinski definition) is 2. The molecule has 0 aliphatic carbocycles. The third-order valence-electron chi connectivity index (χ3n) is 3.01. The Labute approximate surface area is 106 Å². The molecule has 1 N–H and O–H groups in total. The van der Waals surface area contributed by atoms with Crippen molar-refractivity contribution in [1.82, 2.24) is 9.78 Å². The Balaban J connectivity index is 2.50. The molecule has 0 saturated carbocycles. The van der Waals surface area contributed by atoms with E-state index in [0.717, 1.165) is 16.7 Å². The van der Waals surface area contributed by atoms with Gasteiger partial charge in [-0.3, -0.25) is 4.68 Å². The van der Waals surface area contributed by atoms with Crippen molar-refractivity contribution in [2.75, 3.05) is 0 Å². The first-order valence-corrected chi connectivity index (χ1v) is 5.88. The van der Waals surface area contributed by atoms with Gasteiger partial charge in [0.05, 0.1) is 11.8 Å². The van der Waals surface area contributed by atoms with Crippen LogP contribution in [0.15, 0.2) is 30.6 Å². The number of rotatable bonds is 3. The summed E-state index contributed by atoms with van der Waals surface area (Å²) >= 11 is 0. The van der Waals surface area contributed by atoms with Crippen molar-refractivity contribution in [2.45, 2.75) is 26.8 Å². The van der Waals surface area contributed by atoms with Gasteiger partial charge in [-0.25, -0.2) is 4.79 Å². The van der Waals surface area contributed by atoms with Crippen LogP contribution < -0.4 is 0 Å². The quantitative estimate of drug-likeness (QED) is 0.902. The lowest BCUT2D eigenvalue weighted by molar-refractivity contribution is 0.0696. The SMILES string of the molecule is Cc1c(C(=O)O)cccc1-c1cnn(C(C)C)c1. The summed E-state index contributed by atoms with van der Waals surface area (Å²) in [6.45, 7) is 5.93. The minimum atomic E-state index is -0.898. The molecule has 2 rings (SSSR count). The van der Waals surface area contributed by atoms with Gasteiger partial charge in [0, 0.05) is 17.8 Å². The van der Waals surface area contributed by atoms with Crippen LogP contribution >= 0.6 is 0 Å². The molecule has 0 bridgehead atoms. The minimum Gasteiger partial charge on any atom is -0.478 e. The lowest BCUT2D eigenvalue weighted by Gasteiger charge is -2.07. The molecule has 0 aliphatic heterocycles. The van der Waals surface area contributed by atoms with Gasteiger partial charge in [0.25, 0.3) is 0 Å². The minimum absolute atomic E-state index is 0.293. The van der Waals surface area contributed by atoms with Crippen LogP contribution in [-0.4, -0.2) is 20.9 Å². The van der Waals surface area contributed by atoms with Crippen LogP contribution in [0, 0.1) is 6.92 Å². The Hall–Kier alpha value is -2.10. The molecule has 18 heavy (non-hydrogen) atoms. The lowest BCUT2D eigenvalue weighted by atomic mass is 9.99. The molecule has 1 aromatic heterocycles. The van der Waals surface area contributed by atoms with Crippen molar-refractivity contribution in [3.63, 3.8) is 0 Å². The average molecular weight is 244 g/mol. The molecule has 4 nitrogen and oxygen atoms in total. The first-order chi connectivity index (χ1) is 8.50. The molecule has 4 heteroatoms. The number of aromatic nitrogens is 2. The Morgan fingerprint density at radius 1 is 1.39 bits per heavy atom. The zero-order valence-electron chi connectivity index (χ0n) is 10.7. The van der Waals surface area contributed by atoms with Crippen LogP contribution in [0.2, 0.25) is 0 Å². The van der Waals surface area contributed by atoms with Crippen LogP contribution in [0.1, 0.15) is 35.8 Å². The molecule has 2 aromatic rings. The van der Waals surface area contributed by atoms with E-state index in [0.29, 0.717) is 11.6 Å². The third-order valence-corrected chi connectivity index (χ3v) is 3.01. The number of aromatic carboxylic acids is 1. The summed E-state index contributed by atoms with van der Waals surface area (Å²) in [5, 5.41) is 13.4. The molecule has 0 saturated heterocycles. The standard InChI is InChI=1S/C14H16N2O2/c1-9(2)16-8-11(7-15-16)12-5-4-6-13(10(12)3)14(17)18/h4-9H,1-3H3,(H,17,18). The second kappa shape index (κ2) is 4.64. The molecule has 0 spiro atoms. The van der Waals surface area contributed by atoms with E-state index in [1.165, 1.54) is 0 Å². The van der Waals surface area contributed by atoms with Gasteiger partial charge in [0.1, 0.15) is 0 Å². The topological polar surface area (TPSA) is 55.1 Å². The van der Waals surface area contributed by atoms with E-state index in [2.05, 4.69) is 18.9 Å². The van der Waals surface area contributed by atoms with Crippen LogP contribution in [0.4, 0.5) is 0 Å². The van der Waals surface area contributed by atoms with E-state index in [9.17, 15) is 4.79 Å². The monoisotopic (exact) mass is 244 g/mol. The molecule has 0 unspecified atom stereocenters. The zero-order valence-corrected chi connectivity index (χ0v) is 10.7. The fourth-order valence-corrected chi connectivity index (χ4v) is 1.94.